The van der Waals surface area contributed by atoms with Gasteiger partial charge < -0.3 is 11.1 Å². The molecule has 0 aromatic heterocycles. The van der Waals surface area contributed by atoms with E-state index in [1.807, 2.05) is 48.5 Å². The average Bonchev–Trinajstić information content (AvgIpc) is 1.35. The van der Waals surface area contributed by atoms with Crippen LogP contribution >= 0.6 is 31.9 Å². The van der Waals surface area contributed by atoms with Gasteiger partial charge in [0.1, 0.15) is 0 Å². The SMILES string of the molecule is Brc1ccc(-c2ccc(C(=C(c3ccccc3)c3ccccc3)c3ccccc3)cc2)cc1.C.CC1(C)c2ccccc2-c2ccc(Br)cc21.Nc1ccccc1.c1ccc(Nc2ccc(-c3ccc(C(=C(c4ccccc4)c4ccccc4)c4ccccc4)cc3)cc2)cc1. The number of benzene rings is 14. The maximum atomic E-state index is 5.36. The van der Waals surface area contributed by atoms with E-state index in [0.717, 1.165) is 26.0 Å². The maximum Gasteiger partial charge on any atom is 0.0384 e. The summed E-state index contributed by atoms with van der Waals surface area (Å²) in [7, 11) is 0. The molecular weight excluding hydrogens is 1290 g/mol. The first-order chi connectivity index (χ1) is 46.6. The van der Waals surface area contributed by atoms with Crippen molar-refractivity contribution in [2.24, 2.45) is 0 Å². The molecule has 4 heteroatoms. The van der Waals surface area contributed by atoms with E-state index in [4.69, 9.17) is 5.73 Å². The molecule has 14 aromatic carbocycles. The molecule has 0 bridgehead atoms. The molecule has 0 spiro atoms. The van der Waals surface area contributed by atoms with Gasteiger partial charge in [0.25, 0.3) is 0 Å². The van der Waals surface area contributed by atoms with Crippen molar-refractivity contribution >= 4 is 71.2 Å². The monoisotopic (exact) mass is 1370 g/mol. The minimum Gasteiger partial charge on any atom is -0.399 e. The Morgan fingerprint density at radius 2 is 0.521 bits per heavy atom. The van der Waals surface area contributed by atoms with Gasteiger partial charge >= 0.3 is 0 Å². The molecule has 0 radical (unpaired) electrons. The summed E-state index contributed by atoms with van der Waals surface area (Å²) < 4.78 is 2.25. The van der Waals surface area contributed by atoms with E-state index in [0.29, 0.717) is 0 Å². The van der Waals surface area contributed by atoms with Gasteiger partial charge in [-0.3, -0.25) is 0 Å². The molecule has 0 atom stereocenters. The van der Waals surface area contributed by atoms with Gasteiger partial charge in [-0.05, 0) is 172 Å². The van der Waals surface area contributed by atoms with Gasteiger partial charge in [-0.25, -0.2) is 0 Å². The van der Waals surface area contributed by atoms with Gasteiger partial charge in [0.05, 0.1) is 0 Å². The van der Waals surface area contributed by atoms with E-state index < -0.39 is 0 Å². The van der Waals surface area contributed by atoms with Gasteiger partial charge in [-0.2, -0.15) is 0 Å². The third-order valence-corrected chi connectivity index (χ3v) is 18.0. The van der Waals surface area contributed by atoms with Gasteiger partial charge in [0.15, 0.2) is 0 Å². The van der Waals surface area contributed by atoms with Crippen LogP contribution in [0.4, 0.5) is 17.1 Å². The van der Waals surface area contributed by atoms with Crippen molar-refractivity contribution in [3.63, 3.8) is 0 Å². The molecule has 468 valence electrons. The Morgan fingerprint density at radius 3 is 0.865 bits per heavy atom. The van der Waals surface area contributed by atoms with E-state index in [-0.39, 0.29) is 12.8 Å². The number of nitrogens with one attached hydrogen (secondary N) is 1. The molecule has 1 aliphatic carbocycles. The fourth-order valence-corrected chi connectivity index (χ4v) is 12.9. The average molecular weight is 1370 g/mol. The second kappa shape index (κ2) is 32.3. The van der Waals surface area contributed by atoms with E-state index >= 15 is 0 Å². The maximum absolute atomic E-state index is 5.36. The molecule has 0 fully saturated rings. The highest BCUT2D eigenvalue weighted by molar-refractivity contribution is 9.10. The second-order valence-corrected chi connectivity index (χ2v) is 25.5. The summed E-state index contributed by atoms with van der Waals surface area (Å²) in [4.78, 5) is 0. The predicted octanol–water partition coefficient (Wildman–Crippen LogP) is 25.9. The quantitative estimate of drug-likeness (QED) is 0.0945. The van der Waals surface area contributed by atoms with Gasteiger partial charge in [-0.15, -0.1) is 0 Å². The molecule has 0 amide bonds. The smallest absolute Gasteiger partial charge is 0.0384 e. The Kier molecular flexibility index (Phi) is 22.4. The summed E-state index contributed by atoms with van der Waals surface area (Å²) in [5, 5.41) is 3.46. The van der Waals surface area contributed by atoms with E-state index in [9.17, 15) is 0 Å². The van der Waals surface area contributed by atoms with Gasteiger partial charge in [0, 0.05) is 31.4 Å². The lowest BCUT2D eigenvalue weighted by Crippen LogP contribution is -2.14. The van der Waals surface area contributed by atoms with E-state index in [2.05, 4.69) is 385 Å². The normalized spacial score (nSPS) is 11.2. The molecule has 2 nitrogen and oxygen atoms in total. The molecule has 3 N–H and O–H groups in total. The van der Waals surface area contributed by atoms with Crippen molar-refractivity contribution in [3.05, 3.63) is 447 Å². The molecule has 0 heterocycles. The van der Waals surface area contributed by atoms with Crippen LogP contribution in [0.5, 0.6) is 0 Å². The van der Waals surface area contributed by atoms with Crippen LogP contribution in [0, 0.1) is 0 Å². The number of hydrogen-bond acceptors (Lipinski definition) is 2. The summed E-state index contributed by atoms with van der Waals surface area (Å²) in [6.07, 6.45) is 0. The van der Waals surface area contributed by atoms with Crippen LogP contribution in [0.25, 0.3) is 55.7 Å². The fourth-order valence-electron chi connectivity index (χ4n) is 12.3. The first kappa shape index (κ1) is 66.6. The molecule has 0 aliphatic heterocycles. The molecule has 0 saturated heterocycles. The standard InChI is InChI=1S/C38H29N.C32H23Br.C15H13Br.C6H7N.CH4/c1-5-13-31(14-6-1)37(32-15-7-2-8-16-32)38(33-17-9-3-10-18-33)34-23-21-29(22-24-34)30-25-27-36(28-26-30)39-35-19-11-4-12-20-35;33-30-22-20-25(21-23-30)24-16-18-29(19-17-24)32(28-14-8-3-9-15-28)31(26-10-4-1-5-11-26)27-12-6-2-7-13-27;1-15(2)13-6-4-3-5-11(13)12-8-7-10(16)9-14(12)15;7-6-4-2-1-3-5-6;/h1-28,39H;1-23H;3-9H,1-2H3;1-5H,7H2;1H4. The highest BCUT2D eigenvalue weighted by Gasteiger charge is 2.35. The van der Waals surface area contributed by atoms with Crippen LogP contribution in [0.1, 0.15) is 76.9 Å². The number of fused-ring (bicyclic) bond motifs is 3. The number of hydrogen-bond donors (Lipinski definition) is 2. The van der Waals surface area contributed by atoms with Crippen LogP contribution < -0.4 is 11.1 Å². The lowest BCUT2D eigenvalue weighted by molar-refractivity contribution is 0.660. The molecule has 14 aromatic rings. The number of rotatable bonds is 12. The molecule has 96 heavy (non-hydrogen) atoms. The van der Waals surface area contributed by atoms with Crippen molar-refractivity contribution < 1.29 is 0 Å². The molecular formula is C92H76Br2N2. The Bertz CT molecular complexity index is 4710. The Morgan fingerprint density at radius 1 is 0.260 bits per heavy atom. The molecule has 0 saturated carbocycles. The number of para-hydroxylation sites is 2. The third-order valence-electron chi connectivity index (χ3n) is 17.0. The second-order valence-electron chi connectivity index (χ2n) is 23.7. The zero-order valence-electron chi connectivity index (χ0n) is 53.2. The number of nitrogens with two attached hydrogens (primary N) is 1. The van der Waals surface area contributed by atoms with Crippen LogP contribution in [0.15, 0.2) is 391 Å². The minimum absolute atomic E-state index is 0. The van der Waals surface area contributed by atoms with Crippen LogP contribution in [-0.2, 0) is 5.41 Å². The van der Waals surface area contributed by atoms with Gasteiger partial charge in [0.2, 0.25) is 0 Å². The number of anilines is 3. The predicted molar refractivity (Wildman–Crippen MR) is 419 cm³/mol. The van der Waals surface area contributed by atoms with Crippen LogP contribution in [-0.4, -0.2) is 0 Å². The summed E-state index contributed by atoms with van der Waals surface area (Å²) in [6, 6.07) is 134. The number of halogens is 2. The summed E-state index contributed by atoms with van der Waals surface area (Å²) in [5.74, 6) is 0. The zero-order chi connectivity index (χ0) is 65.2. The van der Waals surface area contributed by atoms with Crippen LogP contribution in [0.3, 0.4) is 0 Å². The number of nitrogen functional groups attached to an aromatic ring is 1. The molecule has 1 aliphatic rings. The van der Waals surface area contributed by atoms with Crippen molar-refractivity contribution in [3.8, 4) is 33.4 Å². The highest BCUT2D eigenvalue weighted by Crippen LogP contribution is 2.49. The van der Waals surface area contributed by atoms with Crippen molar-refractivity contribution in [2.75, 3.05) is 11.1 Å². The lowest BCUT2D eigenvalue weighted by Gasteiger charge is -2.21. The summed E-state index contributed by atoms with van der Waals surface area (Å²) in [5.41, 5.74) is 33.4. The molecule has 15 rings (SSSR count). The van der Waals surface area contributed by atoms with Gasteiger partial charge in [-0.1, -0.05) is 375 Å². The highest BCUT2D eigenvalue weighted by atomic mass is 79.9. The van der Waals surface area contributed by atoms with E-state index in [1.165, 1.54) is 111 Å². The summed E-state index contributed by atoms with van der Waals surface area (Å²) >= 11 is 7.09. The summed E-state index contributed by atoms with van der Waals surface area (Å²) in [6.45, 7) is 4.59. The fraction of sp³-hybridized carbons (Fsp3) is 0.0435. The first-order valence-corrected chi connectivity index (χ1v) is 33.6. The molecule has 0 unspecified atom stereocenters. The van der Waals surface area contributed by atoms with Crippen molar-refractivity contribution in [2.45, 2.75) is 26.7 Å². The van der Waals surface area contributed by atoms with Crippen LogP contribution in [0.2, 0.25) is 0 Å². The third kappa shape index (κ3) is 16.4. The Labute approximate surface area is 584 Å². The first-order valence-electron chi connectivity index (χ1n) is 32.1. The largest absolute Gasteiger partial charge is 0.399 e. The lowest BCUT2D eigenvalue weighted by atomic mass is 9.82. The minimum atomic E-state index is 0. The van der Waals surface area contributed by atoms with E-state index in [1.54, 1.807) is 0 Å². The van der Waals surface area contributed by atoms with Crippen molar-refractivity contribution in [1.29, 1.82) is 0 Å². The topological polar surface area (TPSA) is 38.0 Å². The van der Waals surface area contributed by atoms with Crippen molar-refractivity contribution in [1.82, 2.24) is 0 Å². The zero-order valence-corrected chi connectivity index (χ0v) is 56.4. The Balaban J connectivity index is 0.000000147. The Hall–Kier alpha value is -10.9.